The molecule has 18 heavy (non-hydrogen) atoms. The number of sulfonamides is 1. The van der Waals surface area contributed by atoms with Gasteiger partial charge in [-0.2, -0.15) is 0 Å². The molecule has 0 radical (unpaired) electrons. The van der Waals surface area contributed by atoms with E-state index in [-0.39, 0.29) is 5.75 Å². The molecule has 0 heterocycles. The van der Waals surface area contributed by atoms with Crippen molar-refractivity contribution in [3.8, 4) is 0 Å². The Kier molecular flexibility index (Phi) is 6.11. The second kappa shape index (κ2) is 7.35. The summed E-state index contributed by atoms with van der Waals surface area (Å²) >= 11 is 0. The van der Waals surface area contributed by atoms with Crippen molar-refractivity contribution in [3.05, 3.63) is 29.8 Å². The average molecular weight is 272 g/mol. The second-order valence-corrected chi connectivity index (χ2v) is 5.77. The van der Waals surface area contributed by atoms with E-state index in [2.05, 4.69) is 10.0 Å². The number of nitrogens with one attached hydrogen (secondary N) is 2. The van der Waals surface area contributed by atoms with E-state index in [1.165, 1.54) is 0 Å². The molecule has 0 amide bonds. The Morgan fingerprint density at radius 3 is 2.67 bits per heavy atom. The smallest absolute Gasteiger partial charge is 0.233 e. The van der Waals surface area contributed by atoms with E-state index < -0.39 is 10.0 Å². The topological polar surface area (TPSA) is 67.4 Å². The van der Waals surface area contributed by atoms with Crippen LogP contribution in [-0.2, 0) is 21.2 Å². The van der Waals surface area contributed by atoms with Crippen molar-refractivity contribution in [1.82, 2.24) is 5.32 Å². The summed E-state index contributed by atoms with van der Waals surface area (Å²) in [6.45, 7) is 0.991. The predicted octanol–water partition coefficient (Wildman–Crippen LogP) is 0.837. The summed E-state index contributed by atoms with van der Waals surface area (Å²) in [6, 6.07) is 7.36. The van der Waals surface area contributed by atoms with Gasteiger partial charge in [-0.25, -0.2) is 8.42 Å². The minimum Gasteiger partial charge on any atom is -0.384 e. The van der Waals surface area contributed by atoms with Gasteiger partial charge in [0.05, 0.1) is 18.0 Å². The molecule has 0 unspecified atom stereocenters. The fraction of sp³-hybridized carbons (Fsp3) is 0.500. The number of anilines is 1. The molecule has 0 aliphatic carbocycles. The summed E-state index contributed by atoms with van der Waals surface area (Å²) in [5.41, 5.74) is 1.57. The molecule has 0 fully saturated rings. The number of hydrogen-bond donors (Lipinski definition) is 2. The molecule has 0 saturated heterocycles. The van der Waals surface area contributed by atoms with Crippen LogP contribution in [0.1, 0.15) is 5.56 Å². The highest BCUT2D eigenvalue weighted by Gasteiger charge is 2.11. The van der Waals surface area contributed by atoms with Gasteiger partial charge in [-0.15, -0.1) is 0 Å². The zero-order chi connectivity index (χ0) is 13.4. The Morgan fingerprint density at radius 2 is 2.00 bits per heavy atom. The molecule has 0 aromatic heterocycles. The Balaban J connectivity index is 2.77. The summed E-state index contributed by atoms with van der Waals surface area (Å²) in [5, 5.41) is 2.82. The summed E-state index contributed by atoms with van der Waals surface area (Å²) in [5.74, 6) is 0.0577. The molecular formula is C12H20N2O3S. The normalized spacial score (nSPS) is 11.4. The minimum atomic E-state index is -3.30. The van der Waals surface area contributed by atoms with Crippen molar-refractivity contribution in [3.63, 3.8) is 0 Å². The maximum Gasteiger partial charge on any atom is 0.233 e. The maximum atomic E-state index is 11.8. The third kappa shape index (κ3) is 5.03. The zero-order valence-electron chi connectivity index (χ0n) is 10.8. The van der Waals surface area contributed by atoms with Crippen molar-refractivity contribution < 1.29 is 13.2 Å². The lowest BCUT2D eigenvalue weighted by molar-refractivity contribution is 0.202. The molecule has 0 aliphatic heterocycles. The van der Waals surface area contributed by atoms with Crippen molar-refractivity contribution in [2.75, 3.05) is 37.8 Å². The van der Waals surface area contributed by atoms with Gasteiger partial charge in [0.2, 0.25) is 10.0 Å². The van der Waals surface area contributed by atoms with Crippen LogP contribution in [0.3, 0.4) is 0 Å². The molecule has 1 rings (SSSR count). The minimum absolute atomic E-state index is 0.0577. The van der Waals surface area contributed by atoms with E-state index in [1.807, 2.05) is 18.2 Å². The highest BCUT2D eigenvalue weighted by Crippen LogP contribution is 2.17. The number of rotatable bonds is 8. The van der Waals surface area contributed by atoms with Crippen LogP contribution in [0, 0.1) is 0 Å². The van der Waals surface area contributed by atoms with Crippen LogP contribution in [0.2, 0.25) is 0 Å². The summed E-state index contributed by atoms with van der Waals surface area (Å²) < 4.78 is 31.2. The third-order valence-corrected chi connectivity index (χ3v) is 3.75. The molecule has 0 bridgehead atoms. The number of benzene rings is 1. The summed E-state index contributed by atoms with van der Waals surface area (Å²) in [6.07, 6.45) is 0.682. The van der Waals surface area contributed by atoms with Crippen LogP contribution in [0.15, 0.2) is 24.3 Å². The molecule has 102 valence electrons. The lowest BCUT2D eigenvalue weighted by atomic mass is 10.1. The van der Waals surface area contributed by atoms with E-state index in [0.29, 0.717) is 25.3 Å². The van der Waals surface area contributed by atoms with Crippen molar-refractivity contribution in [1.29, 1.82) is 0 Å². The summed E-state index contributed by atoms with van der Waals surface area (Å²) in [7, 11) is 0.0513. The van der Waals surface area contributed by atoms with E-state index in [4.69, 9.17) is 4.74 Å². The van der Waals surface area contributed by atoms with Crippen molar-refractivity contribution in [2.45, 2.75) is 6.42 Å². The summed E-state index contributed by atoms with van der Waals surface area (Å²) in [4.78, 5) is 0. The number of ether oxygens (including phenoxy) is 1. The maximum absolute atomic E-state index is 11.8. The predicted molar refractivity (Wildman–Crippen MR) is 73.4 cm³/mol. The Morgan fingerprint density at radius 1 is 1.28 bits per heavy atom. The first-order chi connectivity index (χ1) is 8.59. The van der Waals surface area contributed by atoms with Crippen molar-refractivity contribution in [2.24, 2.45) is 0 Å². The van der Waals surface area contributed by atoms with Gasteiger partial charge >= 0.3 is 0 Å². The Hall–Kier alpha value is -1.11. The van der Waals surface area contributed by atoms with Crippen LogP contribution in [0.25, 0.3) is 0 Å². The van der Waals surface area contributed by atoms with Crippen LogP contribution >= 0.6 is 0 Å². The molecule has 2 N–H and O–H groups in total. The largest absolute Gasteiger partial charge is 0.384 e. The van der Waals surface area contributed by atoms with Gasteiger partial charge in [-0.1, -0.05) is 18.2 Å². The van der Waals surface area contributed by atoms with E-state index >= 15 is 0 Å². The monoisotopic (exact) mass is 272 g/mol. The molecule has 1 aromatic rings. The van der Waals surface area contributed by atoms with Gasteiger partial charge in [-0.3, -0.25) is 4.72 Å². The van der Waals surface area contributed by atoms with E-state index in [9.17, 15) is 8.42 Å². The first-order valence-corrected chi connectivity index (χ1v) is 7.46. The molecular weight excluding hydrogens is 252 g/mol. The average Bonchev–Trinajstić information content (AvgIpc) is 2.35. The fourth-order valence-electron chi connectivity index (χ4n) is 1.50. The van der Waals surface area contributed by atoms with Crippen molar-refractivity contribution >= 4 is 15.7 Å². The van der Waals surface area contributed by atoms with Gasteiger partial charge in [0.15, 0.2) is 0 Å². The molecule has 1 aromatic carbocycles. The number of hydrogen-bond acceptors (Lipinski definition) is 4. The van der Waals surface area contributed by atoms with Crippen LogP contribution in [0.5, 0.6) is 0 Å². The van der Waals surface area contributed by atoms with Gasteiger partial charge < -0.3 is 10.1 Å². The standard InChI is InChI=1S/C12H20N2O3S/c1-13-8-10-18(15,16)14-12-6-4-3-5-11(12)7-9-17-2/h3-6,13-14H,7-10H2,1-2H3. The molecule has 5 nitrogen and oxygen atoms in total. The SMILES string of the molecule is CNCCS(=O)(=O)Nc1ccccc1CCOC. The lowest BCUT2D eigenvalue weighted by Crippen LogP contribution is -2.25. The number of para-hydroxylation sites is 1. The van der Waals surface area contributed by atoms with Gasteiger partial charge in [0, 0.05) is 13.7 Å². The lowest BCUT2D eigenvalue weighted by Gasteiger charge is -2.12. The molecule has 0 atom stereocenters. The van der Waals surface area contributed by atoms with E-state index in [0.717, 1.165) is 5.56 Å². The fourth-order valence-corrected chi connectivity index (χ4v) is 2.61. The van der Waals surface area contributed by atoms with Gasteiger partial charge in [-0.05, 0) is 25.1 Å². The highest BCUT2D eigenvalue weighted by molar-refractivity contribution is 7.92. The quantitative estimate of drug-likeness (QED) is 0.736. The van der Waals surface area contributed by atoms with Crippen LogP contribution < -0.4 is 10.0 Å². The first-order valence-electron chi connectivity index (χ1n) is 5.81. The van der Waals surface area contributed by atoms with E-state index in [1.54, 1.807) is 20.2 Å². The molecule has 0 spiro atoms. The third-order valence-electron chi connectivity index (χ3n) is 2.48. The molecule has 0 saturated carbocycles. The highest BCUT2D eigenvalue weighted by atomic mass is 32.2. The Labute approximate surface area is 109 Å². The first kappa shape index (κ1) is 14.9. The van der Waals surface area contributed by atoms with Crippen LogP contribution in [-0.4, -0.2) is 41.5 Å². The molecule has 6 heteroatoms. The zero-order valence-corrected chi connectivity index (χ0v) is 11.6. The second-order valence-electron chi connectivity index (χ2n) is 3.92. The molecule has 0 aliphatic rings. The Bertz CT molecular complexity index is 460. The van der Waals surface area contributed by atoms with Gasteiger partial charge in [0.25, 0.3) is 0 Å². The number of methoxy groups -OCH3 is 1. The van der Waals surface area contributed by atoms with Crippen LogP contribution in [0.4, 0.5) is 5.69 Å². The van der Waals surface area contributed by atoms with Gasteiger partial charge in [0.1, 0.15) is 0 Å².